The number of benzene rings is 1. The predicted molar refractivity (Wildman–Crippen MR) is 43.8 cm³/mol. The summed E-state index contributed by atoms with van der Waals surface area (Å²) in [5.41, 5.74) is -0.174. The molecular formula is C8H7F2NaO2S. The van der Waals surface area contributed by atoms with Gasteiger partial charge in [-0.1, -0.05) is 17.1 Å². The Morgan fingerprint density at radius 3 is 2.21 bits per heavy atom. The zero-order valence-corrected chi connectivity index (χ0v) is 10.4. The molecule has 0 N–H and O–H groups in total. The Morgan fingerprint density at radius 2 is 1.79 bits per heavy atom. The summed E-state index contributed by atoms with van der Waals surface area (Å²) in [6, 6.07) is 3.45. The Hall–Kier alpha value is 0.190. The first-order chi connectivity index (χ1) is 6.11. The van der Waals surface area contributed by atoms with E-state index in [9.17, 15) is 17.5 Å². The maximum atomic E-state index is 12.9. The summed E-state index contributed by atoms with van der Waals surface area (Å²) in [5, 5.41) is 0. The van der Waals surface area contributed by atoms with Gasteiger partial charge in [-0.25, -0.2) is 8.78 Å². The standard InChI is InChI=1S/C8H8F2O2S.Na/c9-7-2-1-3-8(10)6(7)4-5-13(11)12;/h1-3H,4-5H2,(H,11,12);/q;+1/p-1. The molecule has 0 aliphatic carbocycles. The van der Waals surface area contributed by atoms with Gasteiger partial charge in [-0.2, -0.15) is 0 Å². The monoisotopic (exact) mass is 228 g/mol. The van der Waals surface area contributed by atoms with Crippen molar-refractivity contribution in [2.24, 2.45) is 0 Å². The summed E-state index contributed by atoms with van der Waals surface area (Å²) < 4.78 is 46.0. The number of halogens is 2. The van der Waals surface area contributed by atoms with Crippen molar-refractivity contribution in [3.05, 3.63) is 35.4 Å². The van der Waals surface area contributed by atoms with Crippen LogP contribution in [0.3, 0.4) is 0 Å². The second kappa shape index (κ2) is 6.63. The quantitative estimate of drug-likeness (QED) is 0.461. The zero-order chi connectivity index (χ0) is 9.84. The van der Waals surface area contributed by atoms with Crippen molar-refractivity contribution in [3.8, 4) is 0 Å². The largest absolute Gasteiger partial charge is 1.00 e. The molecule has 0 saturated carbocycles. The molecule has 0 fully saturated rings. The van der Waals surface area contributed by atoms with Crippen LogP contribution >= 0.6 is 0 Å². The van der Waals surface area contributed by atoms with E-state index in [4.69, 9.17) is 0 Å². The van der Waals surface area contributed by atoms with Crippen LogP contribution in [0.1, 0.15) is 5.56 Å². The normalized spacial score (nSPS) is 11.9. The van der Waals surface area contributed by atoms with Crippen molar-refractivity contribution >= 4 is 11.1 Å². The molecule has 0 radical (unpaired) electrons. The van der Waals surface area contributed by atoms with E-state index in [1.165, 1.54) is 6.07 Å². The van der Waals surface area contributed by atoms with Crippen LogP contribution < -0.4 is 29.6 Å². The van der Waals surface area contributed by atoms with Crippen LogP contribution in [0.5, 0.6) is 0 Å². The van der Waals surface area contributed by atoms with E-state index < -0.39 is 22.7 Å². The fraction of sp³-hybridized carbons (Fsp3) is 0.250. The molecular weight excluding hydrogens is 221 g/mol. The van der Waals surface area contributed by atoms with Gasteiger partial charge in [0.25, 0.3) is 0 Å². The average Bonchev–Trinajstić information content (AvgIpc) is 2.03. The SMILES string of the molecule is O=S([O-])CCc1c(F)cccc1F.[Na+]. The molecule has 0 spiro atoms. The Kier molecular flexibility index (Phi) is 6.72. The van der Waals surface area contributed by atoms with Gasteiger partial charge in [0.1, 0.15) is 11.6 Å². The van der Waals surface area contributed by atoms with Crippen molar-refractivity contribution in [1.29, 1.82) is 0 Å². The van der Waals surface area contributed by atoms with Gasteiger partial charge in [0.05, 0.1) is 0 Å². The Bertz CT molecular complexity index is 313. The molecule has 1 atom stereocenters. The van der Waals surface area contributed by atoms with E-state index in [-0.39, 0.29) is 47.3 Å². The van der Waals surface area contributed by atoms with Gasteiger partial charge >= 0.3 is 29.6 Å². The van der Waals surface area contributed by atoms with Gasteiger partial charge in [0.15, 0.2) is 0 Å². The molecule has 1 aromatic carbocycles. The topological polar surface area (TPSA) is 40.1 Å². The van der Waals surface area contributed by atoms with Crippen molar-refractivity contribution in [2.45, 2.75) is 6.42 Å². The predicted octanol–water partition coefficient (Wildman–Crippen LogP) is -1.61. The number of rotatable bonds is 3. The summed E-state index contributed by atoms with van der Waals surface area (Å²) >= 11 is -2.27. The number of hydrogen-bond acceptors (Lipinski definition) is 2. The van der Waals surface area contributed by atoms with Crippen molar-refractivity contribution < 1.29 is 47.1 Å². The maximum Gasteiger partial charge on any atom is 1.00 e. The third kappa shape index (κ3) is 4.14. The average molecular weight is 228 g/mol. The molecule has 0 aromatic heterocycles. The molecule has 14 heavy (non-hydrogen) atoms. The number of hydrogen-bond donors (Lipinski definition) is 0. The van der Waals surface area contributed by atoms with E-state index in [0.29, 0.717) is 0 Å². The van der Waals surface area contributed by atoms with Crippen molar-refractivity contribution in [3.63, 3.8) is 0 Å². The van der Waals surface area contributed by atoms with Crippen LogP contribution in [-0.2, 0) is 17.5 Å². The summed E-state index contributed by atoms with van der Waals surface area (Å²) in [6.07, 6.45) is -0.130. The van der Waals surface area contributed by atoms with Crippen molar-refractivity contribution in [2.75, 3.05) is 5.75 Å². The third-order valence-electron chi connectivity index (χ3n) is 1.58. The molecule has 0 bridgehead atoms. The fourth-order valence-corrected chi connectivity index (χ4v) is 1.33. The smallest absolute Gasteiger partial charge is 0.772 e. The fourth-order valence-electron chi connectivity index (χ4n) is 0.957. The molecule has 0 heterocycles. The minimum atomic E-state index is -2.27. The van der Waals surface area contributed by atoms with Crippen LogP contribution in [0.25, 0.3) is 0 Å². The van der Waals surface area contributed by atoms with Gasteiger partial charge in [0, 0.05) is 11.3 Å². The third-order valence-corrected chi connectivity index (χ3v) is 2.12. The molecule has 0 amide bonds. The van der Waals surface area contributed by atoms with Crippen LogP contribution in [0.2, 0.25) is 0 Å². The molecule has 1 aromatic rings. The van der Waals surface area contributed by atoms with E-state index >= 15 is 0 Å². The Morgan fingerprint density at radius 1 is 1.29 bits per heavy atom. The Labute approximate surface area is 105 Å². The summed E-state index contributed by atoms with van der Waals surface area (Å²) in [7, 11) is 0. The molecule has 0 saturated heterocycles. The molecule has 1 rings (SSSR count). The van der Waals surface area contributed by atoms with Crippen LogP contribution in [-0.4, -0.2) is 14.5 Å². The van der Waals surface area contributed by atoms with Crippen molar-refractivity contribution in [1.82, 2.24) is 0 Å². The Balaban J connectivity index is 0.00000169. The van der Waals surface area contributed by atoms with E-state index in [0.717, 1.165) is 12.1 Å². The molecule has 72 valence electrons. The van der Waals surface area contributed by atoms with Gasteiger partial charge in [0.2, 0.25) is 0 Å². The van der Waals surface area contributed by atoms with Gasteiger partial charge in [-0.05, 0) is 18.6 Å². The van der Waals surface area contributed by atoms with E-state index in [1.54, 1.807) is 0 Å². The molecule has 0 aliphatic rings. The molecule has 6 heteroatoms. The van der Waals surface area contributed by atoms with E-state index in [2.05, 4.69) is 0 Å². The molecule has 0 aliphatic heterocycles. The first-order valence-electron chi connectivity index (χ1n) is 3.60. The van der Waals surface area contributed by atoms with Crippen LogP contribution in [0.4, 0.5) is 8.78 Å². The minimum absolute atomic E-state index is 0. The maximum absolute atomic E-state index is 12.9. The van der Waals surface area contributed by atoms with Crippen LogP contribution in [0, 0.1) is 11.6 Å². The first-order valence-corrected chi connectivity index (χ1v) is 4.84. The molecule has 1 unspecified atom stereocenters. The first kappa shape index (κ1) is 14.2. The zero-order valence-electron chi connectivity index (χ0n) is 7.63. The van der Waals surface area contributed by atoms with Gasteiger partial charge in [-0.3, -0.25) is 4.21 Å². The summed E-state index contributed by atoms with van der Waals surface area (Å²) in [6.45, 7) is 0. The second-order valence-corrected chi connectivity index (χ2v) is 3.47. The van der Waals surface area contributed by atoms with Crippen LogP contribution in [0.15, 0.2) is 18.2 Å². The minimum Gasteiger partial charge on any atom is -0.772 e. The van der Waals surface area contributed by atoms with Gasteiger partial charge in [-0.15, -0.1) is 0 Å². The van der Waals surface area contributed by atoms with E-state index in [1.807, 2.05) is 0 Å². The molecule has 2 nitrogen and oxygen atoms in total. The summed E-state index contributed by atoms with van der Waals surface area (Å²) in [5.74, 6) is -1.67. The summed E-state index contributed by atoms with van der Waals surface area (Å²) in [4.78, 5) is 0. The van der Waals surface area contributed by atoms with Gasteiger partial charge < -0.3 is 4.55 Å². The second-order valence-electron chi connectivity index (χ2n) is 2.46.